The largest absolute Gasteiger partial charge is 0.346 e. The molecule has 0 aliphatic heterocycles. The van der Waals surface area contributed by atoms with E-state index in [0.29, 0.717) is 0 Å². The molecule has 0 aliphatic carbocycles. The summed E-state index contributed by atoms with van der Waals surface area (Å²) in [7, 11) is 0. The smallest absolute Gasteiger partial charge is 0.204 e. The summed E-state index contributed by atoms with van der Waals surface area (Å²) in [5.74, 6) is 0.0313. The van der Waals surface area contributed by atoms with E-state index in [9.17, 15) is 0 Å². The predicted molar refractivity (Wildman–Crippen MR) is 52.6 cm³/mol. The number of aromatic nitrogens is 2. The number of nitrogens with zero attached hydrogens (tertiary/aromatic N) is 4. The molecule has 1 rings (SSSR count). The highest BCUT2D eigenvalue weighted by molar-refractivity contribution is 7.09. The number of anilines is 1. The monoisotopic (exact) mass is 196 g/mol. The third-order valence-corrected chi connectivity index (χ3v) is 2.44. The highest BCUT2D eigenvalue weighted by Crippen LogP contribution is 2.15. The molecule has 0 spiro atoms. The summed E-state index contributed by atoms with van der Waals surface area (Å²) in [5, 5.41) is 9.56. The molecule has 0 saturated heterocycles. The second-order valence-electron chi connectivity index (χ2n) is 2.79. The van der Waals surface area contributed by atoms with E-state index in [0.717, 1.165) is 18.2 Å². The molecular formula is C8H12N4S. The van der Waals surface area contributed by atoms with E-state index in [1.54, 1.807) is 6.33 Å². The van der Waals surface area contributed by atoms with Crippen molar-refractivity contribution < 1.29 is 0 Å². The Bertz CT molecular complexity index is 277. The molecule has 0 N–H and O–H groups in total. The zero-order chi connectivity index (χ0) is 9.68. The molecule has 1 heterocycles. The van der Waals surface area contributed by atoms with Crippen LogP contribution in [0.15, 0.2) is 6.33 Å². The van der Waals surface area contributed by atoms with E-state index in [2.05, 4.69) is 20.3 Å². The molecule has 70 valence electrons. The van der Waals surface area contributed by atoms with Gasteiger partial charge < -0.3 is 4.90 Å². The molecule has 0 radical (unpaired) electrons. The number of hydrogen-bond donors (Lipinski definition) is 0. The molecule has 1 atom stereocenters. The Balaban J connectivity index is 2.60. The standard InChI is InChI=1S/C8H12N4S/c1-3-12(5-7(2)4-9)8-10-6-11-13-8/h6-7H,3,5H2,1-2H3. The molecule has 5 heteroatoms. The van der Waals surface area contributed by atoms with Crippen molar-refractivity contribution in [1.82, 2.24) is 9.36 Å². The predicted octanol–water partition coefficient (Wildman–Crippen LogP) is 1.52. The number of hydrogen-bond acceptors (Lipinski definition) is 5. The van der Waals surface area contributed by atoms with Crippen molar-refractivity contribution in [2.75, 3.05) is 18.0 Å². The molecule has 0 fully saturated rings. The van der Waals surface area contributed by atoms with Gasteiger partial charge in [-0.1, -0.05) is 0 Å². The van der Waals surface area contributed by atoms with Crippen LogP contribution in [0.25, 0.3) is 0 Å². The van der Waals surface area contributed by atoms with Gasteiger partial charge in [-0.25, -0.2) is 4.98 Å². The van der Waals surface area contributed by atoms with Crippen LogP contribution < -0.4 is 4.90 Å². The van der Waals surface area contributed by atoms with Gasteiger partial charge in [-0.05, 0) is 13.8 Å². The molecule has 13 heavy (non-hydrogen) atoms. The van der Waals surface area contributed by atoms with Crippen LogP contribution in [0.1, 0.15) is 13.8 Å². The zero-order valence-electron chi connectivity index (χ0n) is 7.77. The van der Waals surface area contributed by atoms with Crippen LogP contribution in [0.4, 0.5) is 5.13 Å². The fourth-order valence-corrected chi connectivity index (χ4v) is 1.62. The summed E-state index contributed by atoms with van der Waals surface area (Å²) >= 11 is 1.36. The molecule has 0 amide bonds. The fourth-order valence-electron chi connectivity index (χ4n) is 1.02. The minimum Gasteiger partial charge on any atom is -0.346 e. The molecule has 1 aromatic rings. The average molecular weight is 196 g/mol. The van der Waals surface area contributed by atoms with Crippen molar-refractivity contribution >= 4 is 16.7 Å². The first kappa shape index (κ1) is 9.93. The van der Waals surface area contributed by atoms with Crippen molar-refractivity contribution in [3.05, 3.63) is 6.33 Å². The SMILES string of the molecule is CCN(CC(C)C#N)c1ncns1. The fraction of sp³-hybridized carbons (Fsp3) is 0.625. The maximum Gasteiger partial charge on any atom is 0.204 e. The first-order chi connectivity index (χ1) is 6.27. The molecule has 1 unspecified atom stereocenters. The Morgan fingerprint density at radius 2 is 2.54 bits per heavy atom. The van der Waals surface area contributed by atoms with Crippen molar-refractivity contribution in [3.8, 4) is 6.07 Å². The summed E-state index contributed by atoms with van der Waals surface area (Å²) in [6.07, 6.45) is 1.54. The van der Waals surface area contributed by atoms with Crippen LogP contribution in [0.2, 0.25) is 0 Å². The lowest BCUT2D eigenvalue weighted by molar-refractivity contribution is 0.684. The van der Waals surface area contributed by atoms with E-state index in [1.807, 2.05) is 13.8 Å². The molecule has 0 saturated carbocycles. The first-order valence-corrected chi connectivity index (χ1v) is 4.96. The lowest BCUT2D eigenvalue weighted by Gasteiger charge is -2.19. The second kappa shape index (κ2) is 4.77. The third kappa shape index (κ3) is 2.67. The zero-order valence-corrected chi connectivity index (χ0v) is 8.58. The summed E-state index contributed by atoms with van der Waals surface area (Å²) in [4.78, 5) is 6.16. The first-order valence-electron chi connectivity index (χ1n) is 4.19. The van der Waals surface area contributed by atoms with Gasteiger partial charge in [-0.3, -0.25) is 0 Å². The Morgan fingerprint density at radius 3 is 3.00 bits per heavy atom. The van der Waals surface area contributed by atoms with E-state index < -0.39 is 0 Å². The van der Waals surface area contributed by atoms with Crippen LogP contribution in [0.3, 0.4) is 0 Å². The third-order valence-electron chi connectivity index (χ3n) is 1.72. The number of nitriles is 1. The van der Waals surface area contributed by atoms with Gasteiger partial charge in [0.25, 0.3) is 0 Å². The minimum absolute atomic E-state index is 0.0313. The van der Waals surface area contributed by atoms with Crippen molar-refractivity contribution in [2.24, 2.45) is 5.92 Å². The van der Waals surface area contributed by atoms with E-state index in [1.165, 1.54) is 11.5 Å². The van der Waals surface area contributed by atoms with E-state index in [-0.39, 0.29) is 5.92 Å². The maximum atomic E-state index is 8.67. The normalized spacial score (nSPS) is 12.1. The number of rotatable bonds is 4. The average Bonchev–Trinajstić information content (AvgIpc) is 2.66. The van der Waals surface area contributed by atoms with Gasteiger partial charge in [-0.2, -0.15) is 9.64 Å². The van der Waals surface area contributed by atoms with Gasteiger partial charge in [-0.15, -0.1) is 0 Å². The summed E-state index contributed by atoms with van der Waals surface area (Å²) in [6, 6.07) is 2.21. The van der Waals surface area contributed by atoms with E-state index in [4.69, 9.17) is 5.26 Å². The molecule has 1 aromatic heterocycles. The lowest BCUT2D eigenvalue weighted by atomic mass is 10.2. The van der Waals surface area contributed by atoms with Crippen molar-refractivity contribution in [1.29, 1.82) is 5.26 Å². The summed E-state index contributed by atoms with van der Waals surface area (Å²) in [6.45, 7) is 5.54. The van der Waals surface area contributed by atoms with E-state index >= 15 is 0 Å². The Hall–Kier alpha value is -1.15. The Morgan fingerprint density at radius 1 is 1.77 bits per heavy atom. The topological polar surface area (TPSA) is 52.8 Å². The highest BCUT2D eigenvalue weighted by atomic mass is 32.1. The van der Waals surface area contributed by atoms with Crippen molar-refractivity contribution in [2.45, 2.75) is 13.8 Å². The molecule has 0 bridgehead atoms. The second-order valence-corrected chi connectivity index (χ2v) is 3.55. The highest BCUT2D eigenvalue weighted by Gasteiger charge is 2.10. The summed E-state index contributed by atoms with van der Waals surface area (Å²) in [5.41, 5.74) is 0. The van der Waals surface area contributed by atoms with Crippen molar-refractivity contribution in [3.63, 3.8) is 0 Å². The van der Waals surface area contributed by atoms with Gasteiger partial charge in [0, 0.05) is 24.6 Å². The van der Waals surface area contributed by atoms with Crippen LogP contribution in [0.5, 0.6) is 0 Å². The van der Waals surface area contributed by atoms with Gasteiger partial charge in [0.1, 0.15) is 6.33 Å². The molecule has 0 aliphatic rings. The Kier molecular flexibility index (Phi) is 3.65. The van der Waals surface area contributed by atoms with Gasteiger partial charge >= 0.3 is 0 Å². The minimum atomic E-state index is 0.0313. The molecular weight excluding hydrogens is 184 g/mol. The van der Waals surface area contributed by atoms with Crippen LogP contribution in [-0.4, -0.2) is 22.4 Å². The Labute approximate surface area is 82.0 Å². The van der Waals surface area contributed by atoms with Gasteiger partial charge in [0.2, 0.25) is 5.13 Å². The van der Waals surface area contributed by atoms with Crippen LogP contribution in [-0.2, 0) is 0 Å². The molecule has 0 aromatic carbocycles. The van der Waals surface area contributed by atoms with Crippen LogP contribution in [0, 0.1) is 17.2 Å². The maximum absolute atomic E-state index is 8.67. The lowest BCUT2D eigenvalue weighted by Crippen LogP contribution is -2.27. The summed E-state index contributed by atoms with van der Waals surface area (Å²) < 4.78 is 3.93. The quantitative estimate of drug-likeness (QED) is 0.732. The van der Waals surface area contributed by atoms with Crippen LogP contribution >= 0.6 is 11.5 Å². The van der Waals surface area contributed by atoms with Gasteiger partial charge in [0.05, 0.1) is 12.0 Å². The molecule has 4 nitrogen and oxygen atoms in total. The van der Waals surface area contributed by atoms with Gasteiger partial charge in [0.15, 0.2) is 0 Å².